The topological polar surface area (TPSA) is 76.2 Å². The number of allylic oxidation sites excluding steroid dienone is 2. The third-order valence-corrected chi connectivity index (χ3v) is 5.31. The van der Waals surface area contributed by atoms with Gasteiger partial charge in [0.05, 0.1) is 6.61 Å². The number of unbranched alkanes of at least 4 members (excludes halogenated alkanes) is 2. The Labute approximate surface area is 185 Å². The van der Waals surface area contributed by atoms with E-state index in [1.165, 1.54) is 19.1 Å². The van der Waals surface area contributed by atoms with E-state index in [1.54, 1.807) is 24.3 Å². The van der Waals surface area contributed by atoms with Crippen LogP contribution in [0.25, 0.3) is 0 Å². The van der Waals surface area contributed by atoms with E-state index < -0.39 is 0 Å². The minimum absolute atomic E-state index is 0.134. The fourth-order valence-electron chi connectivity index (χ4n) is 3.67. The lowest BCUT2D eigenvalue weighted by Gasteiger charge is -2.35. The van der Waals surface area contributed by atoms with Crippen LogP contribution in [-0.2, 0) is 14.3 Å². The van der Waals surface area contributed by atoms with Crippen LogP contribution in [0.5, 0.6) is 0 Å². The first-order chi connectivity index (χ1) is 15.0. The van der Waals surface area contributed by atoms with Crippen LogP contribution >= 0.6 is 0 Å². The molecule has 0 heterocycles. The van der Waals surface area contributed by atoms with Gasteiger partial charge in [-0.1, -0.05) is 51.0 Å². The van der Waals surface area contributed by atoms with Gasteiger partial charge in [0.1, 0.15) is 18.0 Å². The first-order valence-electron chi connectivity index (χ1n) is 11.0. The van der Waals surface area contributed by atoms with Crippen molar-refractivity contribution in [1.82, 2.24) is 9.80 Å². The van der Waals surface area contributed by atoms with Crippen LogP contribution in [0.3, 0.4) is 0 Å². The molecular weight excluding hydrogens is 396 g/mol. The Morgan fingerprint density at radius 3 is 1.87 bits per heavy atom. The highest BCUT2D eigenvalue weighted by atomic mass is 16.5. The van der Waals surface area contributed by atoms with Crippen LogP contribution in [0.2, 0.25) is 0 Å². The molecule has 0 radical (unpaired) electrons. The highest BCUT2D eigenvalue weighted by molar-refractivity contribution is 6.27. The molecule has 0 saturated heterocycles. The van der Waals surface area contributed by atoms with Crippen LogP contribution < -0.4 is 0 Å². The Morgan fingerprint density at radius 1 is 0.839 bits per heavy atom. The number of methoxy groups -OCH3 is 2. The molecule has 1 aromatic rings. The molecule has 2 rings (SSSR count). The lowest BCUT2D eigenvalue weighted by atomic mass is 9.88. The van der Waals surface area contributed by atoms with Gasteiger partial charge in [-0.2, -0.15) is 0 Å². The van der Waals surface area contributed by atoms with E-state index in [1.807, 2.05) is 4.90 Å². The molecule has 0 unspecified atom stereocenters. The minimum Gasteiger partial charge on any atom is -0.383 e. The number of hydrogen-bond donors (Lipinski definition) is 0. The zero-order valence-corrected chi connectivity index (χ0v) is 19.1. The van der Waals surface area contributed by atoms with E-state index in [9.17, 15) is 14.4 Å². The Morgan fingerprint density at radius 2 is 1.39 bits per heavy atom. The highest BCUT2D eigenvalue weighted by Gasteiger charge is 2.39. The summed E-state index contributed by atoms with van der Waals surface area (Å²) in [5, 5.41) is 0. The molecule has 0 aromatic heterocycles. The average molecular weight is 431 g/mol. The smallest absolute Gasteiger partial charge is 0.253 e. The number of carbonyl (C=O) groups is 3. The van der Waals surface area contributed by atoms with Crippen LogP contribution in [0.15, 0.2) is 35.7 Å². The van der Waals surface area contributed by atoms with Gasteiger partial charge in [-0.05, 0) is 12.8 Å². The molecule has 0 spiro atoms. The van der Waals surface area contributed by atoms with Gasteiger partial charge in [0.2, 0.25) is 11.6 Å². The van der Waals surface area contributed by atoms with Gasteiger partial charge in [0, 0.05) is 45.0 Å². The van der Waals surface area contributed by atoms with Crippen molar-refractivity contribution in [2.24, 2.45) is 0 Å². The van der Waals surface area contributed by atoms with E-state index in [2.05, 4.69) is 13.8 Å². The van der Waals surface area contributed by atoms with Gasteiger partial charge >= 0.3 is 0 Å². The quantitative estimate of drug-likeness (QED) is 0.478. The van der Waals surface area contributed by atoms with Crippen LogP contribution in [0, 0.1) is 0 Å². The molecule has 0 N–H and O–H groups in total. The fourth-order valence-corrected chi connectivity index (χ4v) is 3.67. The van der Waals surface area contributed by atoms with Gasteiger partial charge in [-0.15, -0.1) is 0 Å². The summed E-state index contributed by atoms with van der Waals surface area (Å²) in [4.78, 5) is 43.6. The monoisotopic (exact) mass is 430 g/mol. The van der Waals surface area contributed by atoms with Crippen molar-refractivity contribution in [2.75, 3.05) is 47.1 Å². The highest BCUT2D eigenvalue weighted by Crippen LogP contribution is 2.31. The molecule has 1 aromatic carbocycles. The fraction of sp³-hybridized carbons (Fsp3) is 0.542. The SMILES string of the molecule is CCCCN(CCCC)C1=C(N(CCOC)C(=O)COC)C(=O)c2ccccc2C1=O. The number of amides is 1. The van der Waals surface area contributed by atoms with E-state index >= 15 is 0 Å². The van der Waals surface area contributed by atoms with Gasteiger partial charge in [-0.3, -0.25) is 14.4 Å². The number of ether oxygens (including phenoxy) is 2. The van der Waals surface area contributed by atoms with Gasteiger partial charge in [-0.25, -0.2) is 0 Å². The summed E-state index contributed by atoms with van der Waals surface area (Å²) >= 11 is 0. The van der Waals surface area contributed by atoms with E-state index in [-0.39, 0.29) is 42.9 Å². The largest absolute Gasteiger partial charge is 0.383 e. The van der Waals surface area contributed by atoms with Crippen molar-refractivity contribution in [2.45, 2.75) is 39.5 Å². The first kappa shape index (κ1) is 24.8. The van der Waals surface area contributed by atoms with Crippen molar-refractivity contribution in [3.05, 3.63) is 46.8 Å². The molecule has 7 nitrogen and oxygen atoms in total. The number of carbonyl (C=O) groups excluding carboxylic acids is 3. The second kappa shape index (κ2) is 12.4. The standard InChI is InChI=1S/C24H34N2O5/c1-5-7-13-25(14-8-6-2)21-22(26(15-16-30-3)20(27)17-31-4)24(29)19-12-10-9-11-18(19)23(21)28/h9-12H,5-8,13-17H2,1-4H3. The van der Waals surface area contributed by atoms with Crippen LogP contribution in [0.1, 0.15) is 60.2 Å². The van der Waals surface area contributed by atoms with Crippen molar-refractivity contribution in [3.8, 4) is 0 Å². The zero-order chi connectivity index (χ0) is 22.8. The summed E-state index contributed by atoms with van der Waals surface area (Å²) in [6.07, 6.45) is 3.68. The second-order valence-electron chi connectivity index (χ2n) is 7.57. The number of fused-ring (bicyclic) bond motifs is 1. The Kier molecular flexibility index (Phi) is 9.88. The predicted octanol–water partition coefficient (Wildman–Crippen LogP) is 3.30. The molecule has 170 valence electrons. The van der Waals surface area contributed by atoms with E-state index in [0.717, 1.165) is 25.7 Å². The van der Waals surface area contributed by atoms with Crippen molar-refractivity contribution in [3.63, 3.8) is 0 Å². The molecule has 1 amide bonds. The molecule has 0 bridgehead atoms. The summed E-state index contributed by atoms with van der Waals surface area (Å²) in [6.45, 7) is 5.67. The summed E-state index contributed by atoms with van der Waals surface area (Å²) < 4.78 is 10.2. The number of benzene rings is 1. The molecule has 0 fully saturated rings. The number of hydrogen-bond acceptors (Lipinski definition) is 6. The molecule has 7 heteroatoms. The maximum Gasteiger partial charge on any atom is 0.253 e. The molecule has 31 heavy (non-hydrogen) atoms. The summed E-state index contributed by atoms with van der Waals surface area (Å²) in [6, 6.07) is 6.81. The minimum atomic E-state index is -0.376. The van der Waals surface area contributed by atoms with Gasteiger partial charge in [0.25, 0.3) is 5.91 Å². The molecule has 0 aliphatic heterocycles. The van der Waals surface area contributed by atoms with Gasteiger partial charge in [0.15, 0.2) is 0 Å². The lowest BCUT2D eigenvalue weighted by Crippen LogP contribution is -2.45. The van der Waals surface area contributed by atoms with Crippen molar-refractivity contribution in [1.29, 1.82) is 0 Å². The lowest BCUT2D eigenvalue weighted by molar-refractivity contribution is -0.133. The maximum atomic E-state index is 13.6. The summed E-state index contributed by atoms with van der Waals surface area (Å²) in [5.74, 6) is -0.910. The van der Waals surface area contributed by atoms with Crippen molar-refractivity contribution < 1.29 is 23.9 Å². The van der Waals surface area contributed by atoms with Crippen LogP contribution in [0.4, 0.5) is 0 Å². The predicted molar refractivity (Wildman–Crippen MR) is 119 cm³/mol. The third-order valence-electron chi connectivity index (χ3n) is 5.31. The number of nitrogens with zero attached hydrogens (tertiary/aromatic N) is 2. The average Bonchev–Trinajstić information content (AvgIpc) is 2.78. The molecule has 1 aliphatic rings. The number of rotatable bonds is 13. The molecular formula is C24H34N2O5. The maximum absolute atomic E-state index is 13.6. The number of ketones is 2. The summed E-state index contributed by atoms with van der Waals surface area (Å²) in [7, 11) is 2.96. The second-order valence-corrected chi connectivity index (χ2v) is 7.57. The summed E-state index contributed by atoms with van der Waals surface area (Å²) in [5.41, 5.74) is 1.15. The van der Waals surface area contributed by atoms with E-state index in [4.69, 9.17) is 9.47 Å². The first-order valence-corrected chi connectivity index (χ1v) is 11.0. The van der Waals surface area contributed by atoms with Crippen molar-refractivity contribution >= 4 is 17.5 Å². The molecule has 0 atom stereocenters. The van der Waals surface area contributed by atoms with Gasteiger partial charge < -0.3 is 19.3 Å². The number of Topliss-reactive ketones (excluding diaryl/α,β-unsaturated/α-hetero) is 2. The third kappa shape index (κ3) is 5.80. The van der Waals surface area contributed by atoms with Crippen LogP contribution in [-0.4, -0.2) is 74.3 Å². The normalized spacial score (nSPS) is 13.4. The van der Waals surface area contributed by atoms with E-state index in [0.29, 0.717) is 29.9 Å². The Balaban J connectivity index is 2.69. The zero-order valence-electron chi connectivity index (χ0n) is 19.1. The molecule has 0 saturated carbocycles. The molecule has 1 aliphatic carbocycles. The Hall–Kier alpha value is -2.51. The Bertz CT molecular complexity index is 810.